The van der Waals surface area contributed by atoms with Gasteiger partial charge in [-0.15, -0.1) is 0 Å². The van der Waals surface area contributed by atoms with Crippen LogP contribution in [0, 0.1) is 0 Å². The topological polar surface area (TPSA) is 70.4 Å². The summed E-state index contributed by atoms with van der Waals surface area (Å²) in [7, 11) is -2.62. The van der Waals surface area contributed by atoms with Crippen molar-refractivity contribution >= 4 is 21.7 Å². The van der Waals surface area contributed by atoms with Gasteiger partial charge in [0.2, 0.25) is 5.03 Å². The zero-order chi connectivity index (χ0) is 17.9. The molecule has 0 atom stereocenters. The van der Waals surface area contributed by atoms with E-state index in [9.17, 15) is 8.42 Å². The standard InChI is InChI=1S/C16H21ClN2O4S/c1-5-9-19-15(14(11(2)3)18-16(19)22-4)24(20,21)23-13-8-6-7-12(17)10-13/h6-8,10-11H,5,9H2,1-4H3. The van der Waals surface area contributed by atoms with Crippen LogP contribution in [-0.2, 0) is 16.7 Å². The molecule has 0 aliphatic carbocycles. The lowest BCUT2D eigenvalue weighted by molar-refractivity contribution is 0.347. The van der Waals surface area contributed by atoms with E-state index in [2.05, 4.69) is 4.98 Å². The first-order valence-corrected chi connectivity index (χ1v) is 9.43. The largest absolute Gasteiger partial charge is 0.468 e. The zero-order valence-corrected chi connectivity index (χ0v) is 15.7. The minimum atomic E-state index is -4.09. The van der Waals surface area contributed by atoms with Crippen LogP contribution < -0.4 is 8.92 Å². The van der Waals surface area contributed by atoms with Crippen LogP contribution in [0.3, 0.4) is 0 Å². The second kappa shape index (κ2) is 7.44. The molecule has 6 nitrogen and oxygen atoms in total. The second-order valence-corrected chi connectivity index (χ2v) is 7.49. The molecule has 0 radical (unpaired) electrons. The van der Waals surface area contributed by atoms with Crippen molar-refractivity contribution in [3.05, 3.63) is 35.0 Å². The smallest absolute Gasteiger partial charge is 0.357 e. The van der Waals surface area contributed by atoms with Crippen LogP contribution in [0.1, 0.15) is 38.8 Å². The van der Waals surface area contributed by atoms with Crippen molar-refractivity contribution in [2.24, 2.45) is 0 Å². The predicted octanol–water partition coefficient (Wildman–Crippen LogP) is 3.85. The van der Waals surface area contributed by atoms with Gasteiger partial charge < -0.3 is 8.92 Å². The van der Waals surface area contributed by atoms with Gasteiger partial charge in [-0.1, -0.05) is 38.4 Å². The number of hydrogen-bond donors (Lipinski definition) is 0. The Morgan fingerprint density at radius 3 is 2.58 bits per heavy atom. The third-order valence-corrected chi connectivity index (χ3v) is 4.88. The molecular weight excluding hydrogens is 352 g/mol. The minimum absolute atomic E-state index is 0.0242. The third kappa shape index (κ3) is 3.84. The normalized spacial score (nSPS) is 11.8. The maximum absolute atomic E-state index is 12.9. The number of aromatic nitrogens is 2. The van der Waals surface area contributed by atoms with Gasteiger partial charge >= 0.3 is 10.1 Å². The SMILES string of the molecule is CCCn1c(OC)nc(C(C)C)c1S(=O)(=O)Oc1cccc(Cl)c1. The van der Waals surface area contributed by atoms with Gasteiger partial charge in [0.25, 0.3) is 6.01 Å². The lowest BCUT2D eigenvalue weighted by Gasteiger charge is -2.13. The van der Waals surface area contributed by atoms with Crippen molar-refractivity contribution in [1.29, 1.82) is 0 Å². The Bertz CT molecular complexity index is 815. The van der Waals surface area contributed by atoms with E-state index in [1.54, 1.807) is 12.1 Å². The molecule has 0 unspecified atom stereocenters. The van der Waals surface area contributed by atoms with Gasteiger partial charge in [0.05, 0.1) is 12.8 Å². The number of nitrogens with zero attached hydrogens (tertiary/aromatic N) is 2. The molecule has 1 aromatic carbocycles. The Morgan fingerprint density at radius 2 is 2.04 bits per heavy atom. The minimum Gasteiger partial charge on any atom is -0.468 e. The third-order valence-electron chi connectivity index (χ3n) is 3.33. The summed E-state index contributed by atoms with van der Waals surface area (Å²) in [6.45, 7) is 6.14. The van der Waals surface area contributed by atoms with Crippen LogP contribution in [0.4, 0.5) is 0 Å². The summed E-state index contributed by atoms with van der Waals surface area (Å²) in [4.78, 5) is 4.33. The molecule has 132 valence electrons. The molecule has 0 fully saturated rings. The van der Waals surface area contributed by atoms with Crippen LogP contribution in [0.2, 0.25) is 5.02 Å². The van der Waals surface area contributed by atoms with Gasteiger partial charge in [-0.05, 0) is 24.5 Å². The number of methoxy groups -OCH3 is 1. The number of ether oxygens (including phenoxy) is 1. The Hall–Kier alpha value is -1.73. The molecule has 1 aromatic heterocycles. The molecular formula is C16H21ClN2O4S. The number of hydrogen-bond acceptors (Lipinski definition) is 5. The lowest BCUT2D eigenvalue weighted by atomic mass is 10.1. The summed E-state index contributed by atoms with van der Waals surface area (Å²) in [6, 6.07) is 6.52. The maximum atomic E-state index is 12.9. The molecule has 24 heavy (non-hydrogen) atoms. The monoisotopic (exact) mass is 372 g/mol. The van der Waals surface area contributed by atoms with E-state index < -0.39 is 10.1 Å². The zero-order valence-electron chi connectivity index (χ0n) is 14.1. The fraction of sp³-hybridized carbons (Fsp3) is 0.438. The molecule has 0 saturated heterocycles. The number of benzene rings is 1. The highest BCUT2D eigenvalue weighted by molar-refractivity contribution is 7.87. The van der Waals surface area contributed by atoms with Crippen molar-refractivity contribution in [2.45, 2.75) is 44.7 Å². The van der Waals surface area contributed by atoms with Crippen molar-refractivity contribution in [3.63, 3.8) is 0 Å². The first-order chi connectivity index (χ1) is 11.3. The summed E-state index contributed by atoms with van der Waals surface area (Å²) in [6.07, 6.45) is 0.726. The Kier molecular flexibility index (Phi) is 5.77. The summed E-state index contributed by atoms with van der Waals surface area (Å²) in [5.74, 6) is 0.0464. The second-order valence-electron chi connectivity index (χ2n) is 5.59. The maximum Gasteiger partial charge on any atom is 0.357 e. The van der Waals surface area contributed by atoms with Gasteiger partial charge in [0.1, 0.15) is 5.75 Å². The van der Waals surface area contributed by atoms with Gasteiger partial charge in [0.15, 0.2) is 0 Å². The van der Waals surface area contributed by atoms with Crippen LogP contribution in [0.15, 0.2) is 29.3 Å². The number of halogens is 1. The summed E-state index contributed by atoms with van der Waals surface area (Å²) >= 11 is 5.90. The molecule has 0 saturated carbocycles. The average Bonchev–Trinajstić information content (AvgIpc) is 2.87. The van der Waals surface area contributed by atoms with Gasteiger partial charge in [0, 0.05) is 17.6 Å². The van der Waals surface area contributed by atoms with Crippen LogP contribution in [0.25, 0.3) is 0 Å². The molecule has 2 rings (SSSR count). The first-order valence-electron chi connectivity index (χ1n) is 7.64. The average molecular weight is 373 g/mol. The van der Waals surface area contributed by atoms with E-state index in [1.807, 2.05) is 20.8 Å². The summed E-state index contributed by atoms with van der Waals surface area (Å²) in [5.41, 5.74) is 0.419. The van der Waals surface area contributed by atoms with E-state index in [0.717, 1.165) is 6.42 Å². The lowest BCUT2D eigenvalue weighted by Crippen LogP contribution is -2.18. The van der Waals surface area contributed by atoms with Crippen molar-refractivity contribution in [2.75, 3.05) is 7.11 Å². The van der Waals surface area contributed by atoms with Crippen LogP contribution in [-0.4, -0.2) is 25.1 Å². The van der Waals surface area contributed by atoms with Gasteiger partial charge in [-0.3, -0.25) is 4.57 Å². The molecule has 1 heterocycles. The highest BCUT2D eigenvalue weighted by atomic mass is 35.5. The van der Waals surface area contributed by atoms with Crippen LogP contribution in [0.5, 0.6) is 11.8 Å². The highest BCUT2D eigenvalue weighted by Crippen LogP contribution is 2.31. The summed E-state index contributed by atoms with van der Waals surface area (Å²) < 4.78 is 37.8. The number of imidazole rings is 1. The van der Waals surface area contributed by atoms with Crippen molar-refractivity contribution in [1.82, 2.24) is 9.55 Å². The van der Waals surface area contributed by atoms with E-state index in [-0.39, 0.29) is 22.7 Å². The van der Waals surface area contributed by atoms with E-state index in [4.69, 9.17) is 20.5 Å². The molecule has 0 amide bonds. The predicted molar refractivity (Wildman–Crippen MR) is 92.4 cm³/mol. The molecule has 8 heteroatoms. The Balaban J connectivity index is 2.57. The molecule has 0 aliphatic rings. The molecule has 2 aromatic rings. The fourth-order valence-corrected chi connectivity index (χ4v) is 3.93. The molecule has 0 spiro atoms. The van der Waals surface area contributed by atoms with E-state index in [1.165, 1.54) is 23.8 Å². The fourth-order valence-electron chi connectivity index (χ4n) is 2.34. The Labute approximate surface area is 147 Å². The van der Waals surface area contributed by atoms with Crippen molar-refractivity contribution < 1.29 is 17.3 Å². The Morgan fingerprint density at radius 1 is 1.33 bits per heavy atom. The molecule has 0 aliphatic heterocycles. The highest BCUT2D eigenvalue weighted by Gasteiger charge is 2.31. The molecule has 0 bridgehead atoms. The van der Waals surface area contributed by atoms with Crippen LogP contribution >= 0.6 is 11.6 Å². The van der Waals surface area contributed by atoms with E-state index >= 15 is 0 Å². The quantitative estimate of drug-likeness (QED) is 0.690. The van der Waals surface area contributed by atoms with E-state index in [0.29, 0.717) is 17.3 Å². The van der Waals surface area contributed by atoms with Gasteiger partial charge in [-0.25, -0.2) is 0 Å². The molecule has 0 N–H and O–H groups in total. The number of rotatable bonds is 7. The van der Waals surface area contributed by atoms with Gasteiger partial charge in [-0.2, -0.15) is 13.4 Å². The first kappa shape index (κ1) is 18.6. The summed E-state index contributed by atoms with van der Waals surface area (Å²) in [5, 5.41) is 0.419. The van der Waals surface area contributed by atoms with Crippen molar-refractivity contribution in [3.8, 4) is 11.8 Å².